The monoisotopic (exact) mass is 291 g/mol. The van der Waals surface area contributed by atoms with Crippen LogP contribution in [0, 0.1) is 0 Å². The zero-order chi connectivity index (χ0) is 13.2. The maximum absolute atomic E-state index is 12.4. The molecule has 0 aliphatic carbocycles. The van der Waals surface area contributed by atoms with Crippen molar-refractivity contribution in [3.05, 3.63) is 23.2 Å². The van der Waals surface area contributed by atoms with Crippen LogP contribution >= 0.6 is 11.6 Å². The van der Waals surface area contributed by atoms with E-state index >= 15 is 0 Å². The highest BCUT2D eigenvalue weighted by atomic mass is 35.5. The van der Waals surface area contributed by atoms with Gasteiger partial charge in [-0.1, -0.05) is 11.6 Å². The maximum Gasteiger partial charge on any atom is 0.248 e. The summed E-state index contributed by atoms with van der Waals surface area (Å²) in [5, 5.41) is 0.354. The van der Waals surface area contributed by atoms with Crippen molar-refractivity contribution in [2.24, 2.45) is 0 Å². The first-order chi connectivity index (χ1) is 8.55. The van der Waals surface area contributed by atoms with Gasteiger partial charge in [0, 0.05) is 18.2 Å². The molecule has 0 saturated carbocycles. The zero-order valence-electron chi connectivity index (χ0n) is 9.93. The van der Waals surface area contributed by atoms with E-state index in [1.54, 1.807) is 12.1 Å². The Kier molecular flexibility index (Phi) is 4.11. The summed E-state index contributed by atoms with van der Waals surface area (Å²) in [4.78, 5) is 0.0722. The topological polar surface area (TPSA) is 55.8 Å². The van der Waals surface area contributed by atoms with Gasteiger partial charge in [0.1, 0.15) is 17.4 Å². The Morgan fingerprint density at radius 1 is 1.44 bits per heavy atom. The van der Waals surface area contributed by atoms with Crippen LogP contribution in [0.15, 0.2) is 23.1 Å². The Bertz CT molecular complexity index is 526. The van der Waals surface area contributed by atoms with E-state index in [0.717, 1.165) is 0 Å². The molecule has 5 nitrogen and oxygen atoms in total. The molecule has 0 spiro atoms. The van der Waals surface area contributed by atoms with Crippen LogP contribution in [0.25, 0.3) is 0 Å². The minimum Gasteiger partial charge on any atom is -0.495 e. The fourth-order valence-electron chi connectivity index (χ4n) is 1.75. The van der Waals surface area contributed by atoms with E-state index < -0.39 is 10.0 Å². The number of nitrogens with zero attached hydrogens (tertiary/aromatic N) is 1. The number of methoxy groups -OCH3 is 1. The summed E-state index contributed by atoms with van der Waals surface area (Å²) in [6.07, 6.45) is 0.683. The molecule has 1 aliphatic rings. The molecule has 0 unspecified atom stereocenters. The third-order valence-corrected chi connectivity index (χ3v) is 4.75. The summed E-state index contributed by atoms with van der Waals surface area (Å²) in [5.74, 6) is 0.282. The van der Waals surface area contributed by atoms with Crippen LogP contribution in [0.3, 0.4) is 0 Å². The molecular formula is C11H14ClNO4S. The van der Waals surface area contributed by atoms with Gasteiger partial charge in [-0.2, -0.15) is 4.31 Å². The summed E-state index contributed by atoms with van der Waals surface area (Å²) in [7, 11) is -2.20. The lowest BCUT2D eigenvalue weighted by molar-refractivity contribution is 0.0312. The largest absolute Gasteiger partial charge is 0.495 e. The van der Waals surface area contributed by atoms with Crippen molar-refractivity contribution in [3.63, 3.8) is 0 Å². The lowest BCUT2D eigenvalue weighted by atomic mass is 10.3. The lowest BCUT2D eigenvalue weighted by Gasteiger charge is -2.26. The summed E-state index contributed by atoms with van der Waals surface area (Å²) < 4.78 is 36.4. The number of halogens is 1. The Labute approximate surface area is 111 Å². The molecular weight excluding hydrogens is 278 g/mol. The van der Waals surface area contributed by atoms with Crippen LogP contribution in [0.2, 0.25) is 5.02 Å². The van der Waals surface area contributed by atoms with Gasteiger partial charge in [0.25, 0.3) is 0 Å². The van der Waals surface area contributed by atoms with Crippen molar-refractivity contribution < 1.29 is 17.9 Å². The quantitative estimate of drug-likeness (QED) is 0.851. The molecule has 1 aliphatic heterocycles. The number of hydrogen-bond donors (Lipinski definition) is 0. The van der Waals surface area contributed by atoms with Gasteiger partial charge in [-0.3, -0.25) is 0 Å². The van der Waals surface area contributed by atoms with Crippen LogP contribution in [-0.2, 0) is 14.8 Å². The van der Waals surface area contributed by atoms with Gasteiger partial charge in [-0.25, -0.2) is 8.42 Å². The lowest BCUT2D eigenvalue weighted by Crippen LogP contribution is -2.38. The van der Waals surface area contributed by atoms with Crippen molar-refractivity contribution >= 4 is 21.6 Å². The number of ether oxygens (including phenoxy) is 2. The van der Waals surface area contributed by atoms with Crippen molar-refractivity contribution in [2.75, 3.05) is 27.0 Å². The van der Waals surface area contributed by atoms with Crippen molar-refractivity contribution in [1.29, 1.82) is 0 Å². The molecule has 1 fully saturated rings. The highest BCUT2D eigenvalue weighted by molar-refractivity contribution is 7.89. The fraction of sp³-hybridized carbons (Fsp3) is 0.455. The summed E-state index contributed by atoms with van der Waals surface area (Å²) in [6.45, 7) is 1.09. The van der Waals surface area contributed by atoms with Crippen molar-refractivity contribution in [2.45, 2.75) is 11.3 Å². The SMILES string of the molecule is COc1ccc(Cl)cc1S(=O)(=O)N1CCCOC1. The Morgan fingerprint density at radius 2 is 2.22 bits per heavy atom. The average Bonchev–Trinajstić information content (AvgIpc) is 2.39. The molecule has 1 aromatic rings. The second-order valence-electron chi connectivity index (χ2n) is 3.87. The third kappa shape index (κ3) is 2.61. The summed E-state index contributed by atoms with van der Waals surface area (Å²) in [6, 6.07) is 4.52. The van der Waals surface area contributed by atoms with E-state index in [4.69, 9.17) is 21.1 Å². The molecule has 18 heavy (non-hydrogen) atoms. The van der Waals surface area contributed by atoms with Crippen molar-refractivity contribution in [3.8, 4) is 5.75 Å². The molecule has 0 radical (unpaired) electrons. The van der Waals surface area contributed by atoms with Gasteiger partial charge in [0.15, 0.2) is 0 Å². The first kappa shape index (κ1) is 13.6. The van der Waals surface area contributed by atoms with E-state index in [0.29, 0.717) is 24.6 Å². The molecule has 2 rings (SSSR count). The fourth-order valence-corrected chi connectivity index (χ4v) is 3.53. The minimum absolute atomic E-state index is 0.0675. The Hall–Kier alpha value is -0.820. The predicted octanol–water partition coefficient (Wildman–Crippen LogP) is 1.72. The maximum atomic E-state index is 12.4. The van der Waals surface area contributed by atoms with Gasteiger partial charge in [-0.05, 0) is 24.6 Å². The smallest absolute Gasteiger partial charge is 0.248 e. The average molecular weight is 292 g/mol. The van der Waals surface area contributed by atoms with Crippen LogP contribution < -0.4 is 4.74 Å². The molecule has 7 heteroatoms. The minimum atomic E-state index is -3.63. The van der Waals surface area contributed by atoms with E-state index in [1.807, 2.05) is 0 Å². The first-order valence-corrected chi connectivity index (χ1v) is 7.29. The van der Waals surface area contributed by atoms with E-state index in [1.165, 1.54) is 17.5 Å². The molecule has 0 amide bonds. The first-order valence-electron chi connectivity index (χ1n) is 5.47. The molecule has 0 N–H and O–H groups in total. The second-order valence-corrected chi connectivity index (χ2v) is 6.21. The van der Waals surface area contributed by atoms with E-state index in [-0.39, 0.29) is 17.4 Å². The molecule has 0 aromatic heterocycles. The van der Waals surface area contributed by atoms with Gasteiger partial charge in [0.05, 0.1) is 7.11 Å². The van der Waals surface area contributed by atoms with Gasteiger partial charge < -0.3 is 9.47 Å². The number of sulfonamides is 1. The van der Waals surface area contributed by atoms with Crippen molar-refractivity contribution in [1.82, 2.24) is 4.31 Å². The van der Waals surface area contributed by atoms with Crippen LogP contribution in [-0.4, -0.2) is 39.7 Å². The normalized spacial score (nSPS) is 17.7. The zero-order valence-corrected chi connectivity index (χ0v) is 11.5. The van der Waals surface area contributed by atoms with Crippen LogP contribution in [0.5, 0.6) is 5.75 Å². The highest BCUT2D eigenvalue weighted by Crippen LogP contribution is 2.30. The molecule has 0 atom stereocenters. The second kappa shape index (κ2) is 5.44. The number of hydrogen-bond acceptors (Lipinski definition) is 4. The van der Waals surface area contributed by atoms with Gasteiger partial charge in [0.2, 0.25) is 10.0 Å². The van der Waals surface area contributed by atoms with Gasteiger partial charge in [-0.15, -0.1) is 0 Å². The third-order valence-electron chi connectivity index (χ3n) is 2.67. The summed E-state index contributed by atoms with van der Waals surface area (Å²) >= 11 is 5.85. The Balaban J connectivity index is 2.42. The summed E-state index contributed by atoms with van der Waals surface area (Å²) in [5.41, 5.74) is 0. The highest BCUT2D eigenvalue weighted by Gasteiger charge is 2.29. The van der Waals surface area contributed by atoms with Crippen LogP contribution in [0.1, 0.15) is 6.42 Å². The van der Waals surface area contributed by atoms with Crippen LogP contribution in [0.4, 0.5) is 0 Å². The molecule has 100 valence electrons. The molecule has 0 bridgehead atoms. The van der Waals surface area contributed by atoms with Gasteiger partial charge >= 0.3 is 0 Å². The Morgan fingerprint density at radius 3 is 2.83 bits per heavy atom. The molecule has 1 heterocycles. The number of benzene rings is 1. The molecule has 1 aromatic carbocycles. The van der Waals surface area contributed by atoms with E-state index in [9.17, 15) is 8.42 Å². The standard InChI is InChI=1S/C11H14ClNO4S/c1-16-10-4-3-9(12)7-11(10)18(14,15)13-5-2-6-17-8-13/h3-4,7H,2,5-6,8H2,1H3. The molecule has 1 saturated heterocycles. The van der Waals surface area contributed by atoms with E-state index in [2.05, 4.69) is 0 Å². The number of rotatable bonds is 3. The predicted molar refractivity (Wildman–Crippen MR) is 67.3 cm³/mol.